The molecule has 92 valence electrons. The summed E-state index contributed by atoms with van der Waals surface area (Å²) in [6.07, 6.45) is 1.02. The summed E-state index contributed by atoms with van der Waals surface area (Å²) in [7, 11) is 0. The van der Waals surface area contributed by atoms with Crippen LogP contribution in [0.5, 0.6) is 0 Å². The fraction of sp³-hybridized carbons (Fsp3) is 0.286. The zero-order valence-electron chi connectivity index (χ0n) is 9.89. The number of aromatic nitrogens is 1. The lowest BCUT2D eigenvalue weighted by Crippen LogP contribution is -2.10. The van der Waals surface area contributed by atoms with Gasteiger partial charge in [0.15, 0.2) is 0 Å². The van der Waals surface area contributed by atoms with Gasteiger partial charge in [-0.15, -0.1) is 0 Å². The maximum Gasteiger partial charge on any atom is 0.336 e. The molecule has 1 atom stereocenters. The summed E-state index contributed by atoms with van der Waals surface area (Å²) in [5.74, 6) is -0.562. The smallest absolute Gasteiger partial charge is 0.336 e. The van der Waals surface area contributed by atoms with Crippen LogP contribution in [0.1, 0.15) is 28.4 Å². The molecule has 0 spiro atoms. The van der Waals surface area contributed by atoms with Gasteiger partial charge in [0.25, 0.3) is 0 Å². The van der Waals surface area contributed by atoms with Crippen molar-refractivity contribution in [3.05, 3.63) is 41.6 Å². The van der Waals surface area contributed by atoms with Gasteiger partial charge in [-0.05, 0) is 25.1 Å². The van der Waals surface area contributed by atoms with Gasteiger partial charge in [-0.25, -0.2) is 4.79 Å². The van der Waals surface area contributed by atoms with Crippen molar-refractivity contribution in [2.75, 3.05) is 13.1 Å². The summed E-state index contributed by atoms with van der Waals surface area (Å²) < 4.78 is 0. The van der Waals surface area contributed by atoms with Crippen molar-refractivity contribution in [3.8, 4) is 0 Å². The molecule has 0 saturated carbocycles. The molecule has 0 radical (unpaired) electrons. The maximum atomic E-state index is 11.3. The van der Waals surface area contributed by atoms with Crippen molar-refractivity contribution < 1.29 is 9.90 Å². The summed E-state index contributed by atoms with van der Waals surface area (Å²) in [6, 6.07) is 9.13. The van der Waals surface area contributed by atoms with E-state index in [1.165, 1.54) is 0 Å². The third-order valence-corrected chi connectivity index (χ3v) is 3.44. The van der Waals surface area contributed by atoms with E-state index in [0.29, 0.717) is 16.9 Å². The van der Waals surface area contributed by atoms with Gasteiger partial charge in [-0.3, -0.25) is 4.98 Å². The number of nitrogens with one attached hydrogen (secondary N) is 1. The third-order valence-electron chi connectivity index (χ3n) is 3.44. The number of aromatic carboxylic acids is 1. The molecule has 3 rings (SSSR count). The maximum absolute atomic E-state index is 11.3. The summed E-state index contributed by atoms with van der Waals surface area (Å²) >= 11 is 0. The number of carboxylic acid groups (broad SMARTS) is 1. The lowest BCUT2D eigenvalue weighted by molar-refractivity contribution is 0.0699. The molecule has 0 aliphatic carbocycles. The molecule has 18 heavy (non-hydrogen) atoms. The Labute approximate surface area is 105 Å². The van der Waals surface area contributed by atoms with Gasteiger partial charge in [-0.2, -0.15) is 0 Å². The number of para-hydroxylation sites is 1. The molecule has 2 N–H and O–H groups in total. The highest BCUT2D eigenvalue weighted by molar-refractivity contribution is 6.02. The molecule has 1 saturated heterocycles. The zero-order chi connectivity index (χ0) is 12.5. The molecule has 1 aromatic heterocycles. The number of hydrogen-bond acceptors (Lipinski definition) is 3. The van der Waals surface area contributed by atoms with E-state index in [0.717, 1.165) is 30.7 Å². The molecule has 2 aromatic rings. The SMILES string of the molecule is O=C(O)c1cc(C2CCNC2)nc2ccccc12. The van der Waals surface area contributed by atoms with Gasteiger partial charge in [-0.1, -0.05) is 18.2 Å². The Hall–Kier alpha value is -1.94. The topological polar surface area (TPSA) is 62.2 Å². The molecule has 4 heteroatoms. The first kappa shape index (κ1) is 11.2. The number of fused-ring (bicyclic) bond motifs is 1. The van der Waals surface area contributed by atoms with Crippen LogP contribution in [0.3, 0.4) is 0 Å². The van der Waals surface area contributed by atoms with Gasteiger partial charge >= 0.3 is 5.97 Å². The van der Waals surface area contributed by atoms with Crippen LogP contribution in [0.15, 0.2) is 30.3 Å². The average molecular weight is 242 g/mol. The van der Waals surface area contributed by atoms with Crippen molar-refractivity contribution in [2.24, 2.45) is 0 Å². The van der Waals surface area contributed by atoms with Gasteiger partial charge in [0.05, 0.1) is 11.1 Å². The van der Waals surface area contributed by atoms with Crippen LogP contribution in [-0.4, -0.2) is 29.1 Å². The molecule has 0 amide bonds. The van der Waals surface area contributed by atoms with E-state index in [1.807, 2.05) is 24.3 Å². The summed E-state index contributed by atoms with van der Waals surface area (Å²) in [4.78, 5) is 15.9. The molecule has 0 bridgehead atoms. The first-order valence-electron chi connectivity index (χ1n) is 6.09. The number of hydrogen-bond donors (Lipinski definition) is 2. The van der Waals surface area contributed by atoms with Crippen LogP contribution >= 0.6 is 0 Å². The van der Waals surface area contributed by atoms with E-state index in [2.05, 4.69) is 10.3 Å². The van der Waals surface area contributed by atoms with Crippen LogP contribution in [0.25, 0.3) is 10.9 Å². The molecular weight excluding hydrogens is 228 g/mol. The predicted octanol–water partition coefficient (Wildman–Crippen LogP) is 2.01. The van der Waals surface area contributed by atoms with Crippen LogP contribution in [0.2, 0.25) is 0 Å². The second kappa shape index (κ2) is 4.38. The number of rotatable bonds is 2. The largest absolute Gasteiger partial charge is 0.478 e. The molecule has 1 unspecified atom stereocenters. The monoisotopic (exact) mass is 242 g/mol. The third kappa shape index (κ3) is 1.84. The Morgan fingerprint density at radius 1 is 1.39 bits per heavy atom. The lowest BCUT2D eigenvalue weighted by atomic mass is 10.00. The highest BCUT2D eigenvalue weighted by atomic mass is 16.4. The van der Waals surface area contributed by atoms with E-state index in [9.17, 15) is 9.90 Å². The van der Waals surface area contributed by atoms with E-state index in [4.69, 9.17) is 0 Å². The highest BCUT2D eigenvalue weighted by Crippen LogP contribution is 2.25. The summed E-state index contributed by atoms with van der Waals surface area (Å²) in [5, 5.41) is 13.3. The Kier molecular flexibility index (Phi) is 2.72. The molecule has 1 aromatic carbocycles. The van der Waals surface area contributed by atoms with E-state index < -0.39 is 5.97 Å². The fourth-order valence-electron chi connectivity index (χ4n) is 2.49. The van der Waals surface area contributed by atoms with Crippen molar-refractivity contribution in [3.63, 3.8) is 0 Å². The predicted molar refractivity (Wildman–Crippen MR) is 68.9 cm³/mol. The molecule has 1 aliphatic rings. The number of carboxylic acids is 1. The lowest BCUT2D eigenvalue weighted by Gasteiger charge is -2.11. The van der Waals surface area contributed by atoms with E-state index in [-0.39, 0.29) is 0 Å². The van der Waals surface area contributed by atoms with E-state index >= 15 is 0 Å². The second-order valence-electron chi connectivity index (χ2n) is 4.61. The molecule has 2 heterocycles. The number of benzene rings is 1. The second-order valence-corrected chi connectivity index (χ2v) is 4.61. The van der Waals surface area contributed by atoms with Gasteiger partial charge < -0.3 is 10.4 Å². The Morgan fingerprint density at radius 3 is 2.94 bits per heavy atom. The number of nitrogens with zero attached hydrogens (tertiary/aromatic N) is 1. The first-order valence-corrected chi connectivity index (χ1v) is 6.09. The highest BCUT2D eigenvalue weighted by Gasteiger charge is 2.20. The van der Waals surface area contributed by atoms with Crippen molar-refractivity contribution in [1.82, 2.24) is 10.3 Å². The number of carbonyl (C=O) groups is 1. The minimum Gasteiger partial charge on any atom is -0.478 e. The molecule has 4 nitrogen and oxygen atoms in total. The quantitative estimate of drug-likeness (QED) is 0.845. The Balaban J connectivity index is 2.19. The minimum atomic E-state index is -0.888. The van der Waals surface area contributed by atoms with Crippen LogP contribution in [0.4, 0.5) is 0 Å². The molecule has 1 fully saturated rings. The Morgan fingerprint density at radius 2 is 2.22 bits per heavy atom. The van der Waals surface area contributed by atoms with Crippen molar-refractivity contribution in [2.45, 2.75) is 12.3 Å². The first-order chi connectivity index (χ1) is 8.75. The van der Waals surface area contributed by atoms with Gasteiger partial charge in [0, 0.05) is 23.5 Å². The normalized spacial score (nSPS) is 19.2. The minimum absolute atomic E-state index is 0.327. The molecule has 1 aliphatic heterocycles. The van der Waals surface area contributed by atoms with E-state index in [1.54, 1.807) is 6.07 Å². The van der Waals surface area contributed by atoms with Crippen molar-refractivity contribution in [1.29, 1.82) is 0 Å². The Bertz CT molecular complexity index is 604. The average Bonchev–Trinajstić information content (AvgIpc) is 2.91. The number of pyridine rings is 1. The van der Waals surface area contributed by atoms with Crippen LogP contribution in [-0.2, 0) is 0 Å². The zero-order valence-corrected chi connectivity index (χ0v) is 9.89. The van der Waals surface area contributed by atoms with Gasteiger partial charge in [0.2, 0.25) is 0 Å². The van der Waals surface area contributed by atoms with Crippen LogP contribution in [0, 0.1) is 0 Å². The summed E-state index contributed by atoms with van der Waals surface area (Å²) in [6.45, 7) is 1.85. The van der Waals surface area contributed by atoms with Gasteiger partial charge in [0.1, 0.15) is 0 Å². The molecular formula is C14H14N2O2. The standard InChI is InChI=1S/C14H14N2O2/c17-14(18)11-7-13(9-5-6-15-8-9)16-12-4-2-1-3-10(11)12/h1-4,7,9,15H,5-6,8H2,(H,17,18). The van der Waals surface area contributed by atoms with Crippen molar-refractivity contribution >= 4 is 16.9 Å². The van der Waals surface area contributed by atoms with Crippen LogP contribution < -0.4 is 5.32 Å². The summed E-state index contributed by atoms with van der Waals surface area (Å²) in [5.41, 5.74) is 2.00. The fourth-order valence-corrected chi connectivity index (χ4v) is 2.49.